The van der Waals surface area contributed by atoms with Gasteiger partial charge in [0.15, 0.2) is 17.3 Å². The minimum Gasteiger partial charge on any atom is -0.336 e. The minimum absolute atomic E-state index is 0.235. The molecule has 1 aromatic carbocycles. The van der Waals surface area contributed by atoms with Crippen molar-refractivity contribution in [2.75, 3.05) is 7.05 Å². The summed E-state index contributed by atoms with van der Waals surface area (Å²) in [4.78, 5) is 20.6. The second kappa shape index (κ2) is 8.66. The summed E-state index contributed by atoms with van der Waals surface area (Å²) in [5.74, 6) is -2.09. The molecule has 32 heavy (non-hydrogen) atoms. The van der Waals surface area contributed by atoms with Crippen LogP contribution in [-0.4, -0.2) is 53.7 Å². The number of likely N-dealkylation sites (N-methyl/N-ethyl adjacent to an activating group) is 1. The predicted octanol–water partition coefficient (Wildman–Crippen LogP) is 3.27. The molecule has 0 spiro atoms. The molecule has 0 aliphatic carbocycles. The van der Waals surface area contributed by atoms with E-state index < -0.39 is 11.6 Å². The quantitative estimate of drug-likeness (QED) is 0.462. The Morgan fingerprint density at radius 3 is 2.53 bits per heavy atom. The molecule has 3 heterocycles. The van der Waals surface area contributed by atoms with Crippen LogP contribution in [0.2, 0.25) is 0 Å². The molecule has 0 aliphatic heterocycles. The molecule has 1 atom stereocenters. The van der Waals surface area contributed by atoms with Crippen molar-refractivity contribution in [2.24, 2.45) is 0 Å². The number of pyridine rings is 1. The lowest BCUT2D eigenvalue weighted by molar-refractivity contribution is 0.0721. The number of rotatable bonds is 6. The van der Waals surface area contributed by atoms with Crippen molar-refractivity contribution >= 4 is 5.91 Å². The Morgan fingerprint density at radius 1 is 1.06 bits per heavy atom. The second-order valence-electron chi connectivity index (χ2n) is 7.48. The highest BCUT2D eigenvalue weighted by Gasteiger charge is 2.24. The molecule has 0 saturated carbocycles. The summed E-state index contributed by atoms with van der Waals surface area (Å²) in [6.45, 7) is 4.09. The van der Waals surface area contributed by atoms with Crippen molar-refractivity contribution < 1.29 is 13.6 Å². The highest BCUT2D eigenvalue weighted by Crippen LogP contribution is 2.21. The molecule has 4 aromatic rings. The van der Waals surface area contributed by atoms with Gasteiger partial charge in [-0.05, 0) is 43.7 Å². The van der Waals surface area contributed by atoms with E-state index in [1.807, 2.05) is 13.8 Å². The molecule has 1 amide bonds. The van der Waals surface area contributed by atoms with Crippen LogP contribution in [0.4, 0.5) is 8.78 Å². The van der Waals surface area contributed by atoms with Gasteiger partial charge in [0.25, 0.3) is 5.91 Å². The highest BCUT2D eigenvalue weighted by molar-refractivity contribution is 5.95. The maximum absolute atomic E-state index is 13.5. The molecule has 0 radical (unpaired) electrons. The lowest BCUT2D eigenvalue weighted by Gasteiger charge is -2.25. The Bertz CT molecular complexity index is 1250. The largest absolute Gasteiger partial charge is 0.336 e. The Labute approximate surface area is 183 Å². The average molecular weight is 437 g/mol. The molecule has 0 bridgehead atoms. The van der Waals surface area contributed by atoms with Gasteiger partial charge in [-0.15, -0.1) is 4.80 Å². The topological polar surface area (TPSA) is 81.7 Å². The molecular weight excluding hydrogens is 416 g/mol. The van der Waals surface area contributed by atoms with Crippen LogP contribution in [0.3, 0.4) is 0 Å². The first kappa shape index (κ1) is 21.3. The van der Waals surface area contributed by atoms with Gasteiger partial charge in [-0.2, -0.15) is 15.3 Å². The van der Waals surface area contributed by atoms with E-state index in [1.54, 1.807) is 41.2 Å². The van der Waals surface area contributed by atoms with Gasteiger partial charge in [0.05, 0.1) is 25.1 Å². The number of carbonyl (C=O) groups is 1. The maximum atomic E-state index is 13.5. The summed E-state index contributed by atoms with van der Waals surface area (Å²) in [6, 6.07) is 7.02. The summed E-state index contributed by atoms with van der Waals surface area (Å²) in [5, 5.41) is 12.5. The Morgan fingerprint density at radius 2 is 1.81 bits per heavy atom. The zero-order valence-corrected chi connectivity index (χ0v) is 17.8. The summed E-state index contributed by atoms with van der Waals surface area (Å²) in [5.41, 5.74) is 2.61. The Kier molecular flexibility index (Phi) is 5.76. The van der Waals surface area contributed by atoms with Gasteiger partial charge in [-0.25, -0.2) is 13.8 Å². The third kappa shape index (κ3) is 4.25. The second-order valence-corrected chi connectivity index (χ2v) is 7.48. The molecule has 0 unspecified atom stereocenters. The molecule has 0 fully saturated rings. The summed E-state index contributed by atoms with van der Waals surface area (Å²) in [7, 11) is 1.69. The van der Waals surface area contributed by atoms with Crippen LogP contribution in [0.1, 0.15) is 23.1 Å². The third-order valence-corrected chi connectivity index (χ3v) is 5.17. The number of halogens is 2. The van der Waals surface area contributed by atoms with E-state index in [1.165, 1.54) is 23.3 Å². The standard InChI is InChI=1S/C22H21F2N7O/c1-14-4-7-20(31-25-8-9-26-31)21(28-14)22(32)29(3)15(2)12-30-13-17(11-27-30)16-5-6-18(23)19(24)10-16/h4-11,13,15H,12H2,1-3H3/t15-/m0/s1. The van der Waals surface area contributed by atoms with Gasteiger partial charge >= 0.3 is 0 Å². The molecule has 4 rings (SSSR count). The first-order valence-corrected chi connectivity index (χ1v) is 9.93. The fourth-order valence-corrected chi connectivity index (χ4v) is 3.26. The molecule has 164 valence electrons. The SMILES string of the molecule is Cc1ccc(-n2nccn2)c(C(=O)N(C)[C@@H](C)Cn2cc(-c3ccc(F)c(F)c3)cn2)n1. The monoisotopic (exact) mass is 437 g/mol. The van der Waals surface area contributed by atoms with Crippen molar-refractivity contribution in [3.8, 4) is 16.8 Å². The first-order valence-electron chi connectivity index (χ1n) is 9.93. The number of benzene rings is 1. The van der Waals surface area contributed by atoms with Gasteiger partial charge in [0.2, 0.25) is 0 Å². The van der Waals surface area contributed by atoms with E-state index in [2.05, 4.69) is 20.3 Å². The number of aryl methyl sites for hydroxylation is 1. The van der Waals surface area contributed by atoms with Gasteiger partial charge in [-0.3, -0.25) is 9.48 Å². The van der Waals surface area contributed by atoms with E-state index in [4.69, 9.17) is 0 Å². The number of carbonyl (C=O) groups excluding carboxylic acids is 1. The van der Waals surface area contributed by atoms with Crippen molar-refractivity contribution in [3.63, 3.8) is 0 Å². The van der Waals surface area contributed by atoms with E-state index in [0.717, 1.165) is 12.1 Å². The van der Waals surface area contributed by atoms with E-state index in [-0.39, 0.29) is 17.6 Å². The zero-order valence-electron chi connectivity index (χ0n) is 17.8. The van der Waals surface area contributed by atoms with E-state index >= 15 is 0 Å². The predicted molar refractivity (Wildman–Crippen MR) is 113 cm³/mol. The van der Waals surface area contributed by atoms with E-state index in [0.29, 0.717) is 29.1 Å². The molecule has 0 saturated heterocycles. The van der Waals surface area contributed by atoms with Crippen molar-refractivity contribution in [2.45, 2.75) is 26.4 Å². The van der Waals surface area contributed by atoms with Gasteiger partial charge in [0, 0.05) is 30.5 Å². The number of nitrogens with zero attached hydrogens (tertiary/aromatic N) is 7. The smallest absolute Gasteiger partial charge is 0.274 e. The summed E-state index contributed by atoms with van der Waals surface area (Å²) in [6.07, 6.45) is 6.36. The number of aromatic nitrogens is 6. The van der Waals surface area contributed by atoms with Crippen LogP contribution in [0.5, 0.6) is 0 Å². The number of amides is 1. The molecule has 10 heteroatoms. The number of hydrogen-bond donors (Lipinski definition) is 0. The number of hydrogen-bond acceptors (Lipinski definition) is 5. The van der Waals surface area contributed by atoms with Gasteiger partial charge in [0.1, 0.15) is 5.69 Å². The van der Waals surface area contributed by atoms with Crippen LogP contribution in [0.25, 0.3) is 16.8 Å². The minimum atomic E-state index is -0.915. The van der Waals surface area contributed by atoms with Crippen LogP contribution in [0, 0.1) is 18.6 Å². The van der Waals surface area contributed by atoms with E-state index in [9.17, 15) is 13.6 Å². The zero-order chi connectivity index (χ0) is 22.8. The fourth-order valence-electron chi connectivity index (χ4n) is 3.26. The maximum Gasteiger partial charge on any atom is 0.274 e. The Balaban J connectivity index is 1.52. The van der Waals surface area contributed by atoms with Gasteiger partial charge < -0.3 is 4.90 Å². The van der Waals surface area contributed by atoms with Crippen LogP contribution < -0.4 is 0 Å². The lowest BCUT2D eigenvalue weighted by Crippen LogP contribution is -2.39. The first-order chi connectivity index (χ1) is 15.3. The van der Waals surface area contributed by atoms with Gasteiger partial charge in [-0.1, -0.05) is 6.07 Å². The highest BCUT2D eigenvalue weighted by atomic mass is 19.2. The fraction of sp³-hybridized carbons (Fsp3) is 0.227. The van der Waals surface area contributed by atoms with Crippen molar-refractivity contribution in [1.82, 2.24) is 34.7 Å². The van der Waals surface area contributed by atoms with Crippen molar-refractivity contribution in [1.29, 1.82) is 0 Å². The Hall–Kier alpha value is -3.95. The normalized spacial score (nSPS) is 12.0. The van der Waals surface area contributed by atoms with Crippen LogP contribution in [-0.2, 0) is 6.54 Å². The van der Waals surface area contributed by atoms with Crippen LogP contribution >= 0.6 is 0 Å². The third-order valence-electron chi connectivity index (χ3n) is 5.17. The molecule has 0 N–H and O–H groups in total. The average Bonchev–Trinajstić information content (AvgIpc) is 3.47. The molecular formula is C22H21F2N7O. The lowest BCUT2D eigenvalue weighted by atomic mass is 10.1. The molecule has 0 aliphatic rings. The molecule has 8 nitrogen and oxygen atoms in total. The summed E-state index contributed by atoms with van der Waals surface area (Å²) >= 11 is 0. The van der Waals surface area contributed by atoms with Crippen molar-refractivity contribution in [3.05, 3.63) is 78.1 Å². The molecule has 3 aromatic heterocycles. The van der Waals surface area contributed by atoms with Crippen LogP contribution in [0.15, 0.2) is 55.1 Å². The summed E-state index contributed by atoms with van der Waals surface area (Å²) < 4.78 is 28.4.